The van der Waals surface area contributed by atoms with Crippen molar-refractivity contribution in [1.82, 2.24) is 0 Å². The first-order valence-electron chi connectivity index (χ1n) is 8.44. The summed E-state index contributed by atoms with van der Waals surface area (Å²) in [6.45, 7) is 5.40. The van der Waals surface area contributed by atoms with Crippen molar-refractivity contribution in [3.8, 4) is 0 Å². The lowest BCUT2D eigenvalue weighted by Gasteiger charge is -2.16. The van der Waals surface area contributed by atoms with Crippen LogP contribution in [-0.4, -0.2) is 13.2 Å². The molecule has 1 aromatic rings. The lowest BCUT2D eigenvalue weighted by molar-refractivity contribution is 0.268. The minimum absolute atomic E-state index is 0.694. The van der Waals surface area contributed by atoms with Crippen LogP contribution in [0.2, 0.25) is 0 Å². The van der Waals surface area contributed by atoms with Crippen molar-refractivity contribution in [3.05, 3.63) is 41.2 Å². The number of aryl methyl sites for hydroxylation is 2. The minimum Gasteiger partial charge on any atom is -0.501 e. The third-order valence-corrected chi connectivity index (χ3v) is 4.29. The average molecular weight is 301 g/mol. The zero-order valence-corrected chi connectivity index (χ0v) is 13.6. The van der Waals surface area contributed by atoms with Gasteiger partial charge in [0.05, 0.1) is 48.0 Å². The van der Waals surface area contributed by atoms with Gasteiger partial charge in [-0.2, -0.15) is 0 Å². The highest BCUT2D eigenvalue weighted by Gasteiger charge is 2.33. The van der Waals surface area contributed by atoms with Crippen LogP contribution in [0.15, 0.2) is 23.0 Å². The first-order valence-corrected chi connectivity index (χ1v) is 8.44. The topological polar surface area (TPSA) is 29.8 Å². The summed E-state index contributed by atoms with van der Waals surface area (Å²) < 4.78 is 17.4. The van der Waals surface area contributed by atoms with Gasteiger partial charge in [-0.1, -0.05) is 0 Å². The number of hydrogen-bond acceptors (Lipinski definition) is 2. The van der Waals surface area contributed by atoms with E-state index in [1.165, 1.54) is 35.1 Å². The van der Waals surface area contributed by atoms with Crippen molar-refractivity contribution in [2.24, 2.45) is 0 Å². The van der Waals surface area contributed by atoms with Gasteiger partial charge in [-0.3, -0.25) is 0 Å². The fourth-order valence-corrected chi connectivity index (χ4v) is 3.25. The van der Waals surface area contributed by atoms with Crippen molar-refractivity contribution in [1.29, 1.82) is 0 Å². The first kappa shape index (κ1) is 15.1. The third kappa shape index (κ3) is 3.03. The van der Waals surface area contributed by atoms with E-state index in [-0.39, 0.29) is 0 Å². The molecule has 0 aliphatic heterocycles. The maximum atomic E-state index is 6.35. The van der Waals surface area contributed by atoms with Crippen LogP contribution in [0.1, 0.15) is 62.2 Å². The summed E-state index contributed by atoms with van der Waals surface area (Å²) >= 11 is 0. The summed E-state index contributed by atoms with van der Waals surface area (Å²) in [6.07, 6.45) is 10.3. The van der Waals surface area contributed by atoms with Gasteiger partial charge in [-0.05, 0) is 58.4 Å². The molecular weight excluding hydrogens is 276 g/mol. The van der Waals surface area contributed by atoms with Gasteiger partial charge in [0, 0.05) is 0 Å². The monoisotopic (exact) mass is 301 g/mol. The van der Waals surface area contributed by atoms with E-state index in [0.29, 0.717) is 13.2 Å². The Morgan fingerprint density at radius 2 is 1.36 bits per heavy atom. The van der Waals surface area contributed by atoms with Crippen LogP contribution in [0, 0.1) is 0 Å². The number of hydrogen-bond donors (Lipinski definition) is 0. The van der Waals surface area contributed by atoms with Gasteiger partial charge < -0.3 is 9.47 Å². The molecule has 0 aromatic carbocycles. The van der Waals surface area contributed by atoms with Gasteiger partial charge in [0.15, 0.2) is 0 Å². The van der Waals surface area contributed by atoms with E-state index in [2.05, 4.69) is 6.07 Å². The van der Waals surface area contributed by atoms with Crippen molar-refractivity contribution in [2.45, 2.75) is 52.4 Å². The standard InChI is InChI=1S/C19H25O3/c1-3-20-12-16-9-5-7-14-11-15-8-6-10-17(13-21-4-2)19(15)22-18(14)16/h11-13H,3-10H2,1-2H3/q+1. The third-order valence-electron chi connectivity index (χ3n) is 4.29. The predicted octanol–water partition coefficient (Wildman–Crippen LogP) is 4.99. The second-order valence-electron chi connectivity index (χ2n) is 5.86. The molecule has 0 amide bonds. The van der Waals surface area contributed by atoms with Crippen molar-refractivity contribution in [2.75, 3.05) is 13.2 Å². The van der Waals surface area contributed by atoms with Gasteiger partial charge in [0.1, 0.15) is 0 Å². The van der Waals surface area contributed by atoms with E-state index in [1.807, 2.05) is 26.4 Å². The van der Waals surface area contributed by atoms with E-state index in [0.717, 1.165) is 37.2 Å². The Balaban J connectivity index is 2.02. The number of ether oxygens (including phenoxy) is 2. The van der Waals surface area contributed by atoms with E-state index in [4.69, 9.17) is 13.9 Å². The molecule has 0 radical (unpaired) electrons. The summed E-state index contributed by atoms with van der Waals surface area (Å²) in [7, 11) is 0. The Kier molecular flexibility index (Phi) is 4.81. The SMILES string of the molecule is CCOC=C1CCCc2cc3c([o+]c21)C(=COCC)CCC3. The molecule has 1 aromatic heterocycles. The molecule has 2 aliphatic rings. The maximum absolute atomic E-state index is 6.35. The second kappa shape index (κ2) is 6.99. The number of allylic oxidation sites excluding steroid dienone is 2. The zero-order chi connectivity index (χ0) is 15.4. The summed E-state index contributed by atoms with van der Waals surface area (Å²) in [5, 5.41) is 0. The van der Waals surface area contributed by atoms with Gasteiger partial charge in [0.2, 0.25) is 0 Å². The molecule has 0 saturated carbocycles. The van der Waals surface area contributed by atoms with Crippen LogP contribution in [-0.2, 0) is 22.3 Å². The molecule has 0 unspecified atom stereocenters. The largest absolute Gasteiger partial charge is 0.501 e. The molecule has 22 heavy (non-hydrogen) atoms. The first-order chi connectivity index (χ1) is 10.8. The van der Waals surface area contributed by atoms with E-state index in [9.17, 15) is 0 Å². The zero-order valence-electron chi connectivity index (χ0n) is 13.6. The quantitative estimate of drug-likeness (QED) is 0.580. The lowest BCUT2D eigenvalue weighted by Crippen LogP contribution is -2.09. The van der Waals surface area contributed by atoms with Gasteiger partial charge in [-0.25, -0.2) is 4.42 Å². The summed E-state index contributed by atoms with van der Waals surface area (Å²) in [5.41, 5.74) is 5.03. The molecule has 0 bridgehead atoms. The molecule has 118 valence electrons. The normalized spacial score (nSPS) is 20.6. The summed E-state index contributed by atoms with van der Waals surface area (Å²) in [5.74, 6) is 2.03. The molecule has 2 aliphatic carbocycles. The Hall–Kier alpha value is -1.77. The van der Waals surface area contributed by atoms with Crippen LogP contribution in [0.4, 0.5) is 0 Å². The number of rotatable bonds is 4. The Bertz CT molecular complexity index is 550. The highest BCUT2D eigenvalue weighted by atomic mass is 16.5. The minimum atomic E-state index is 0.694. The molecule has 1 heterocycles. The Morgan fingerprint density at radius 3 is 1.82 bits per heavy atom. The van der Waals surface area contributed by atoms with Crippen molar-refractivity contribution >= 4 is 11.1 Å². The molecule has 0 N–H and O–H groups in total. The fourth-order valence-electron chi connectivity index (χ4n) is 3.25. The number of fused-ring (bicyclic) bond motifs is 2. The van der Waals surface area contributed by atoms with E-state index < -0.39 is 0 Å². The molecule has 3 nitrogen and oxygen atoms in total. The molecular formula is C19H25O3+. The van der Waals surface area contributed by atoms with Crippen molar-refractivity contribution < 1.29 is 13.9 Å². The van der Waals surface area contributed by atoms with Crippen LogP contribution in [0.5, 0.6) is 0 Å². The molecule has 3 heteroatoms. The van der Waals surface area contributed by atoms with E-state index >= 15 is 0 Å². The van der Waals surface area contributed by atoms with Gasteiger partial charge in [0.25, 0.3) is 0 Å². The van der Waals surface area contributed by atoms with Crippen LogP contribution in [0.3, 0.4) is 0 Å². The predicted molar refractivity (Wildman–Crippen MR) is 88.2 cm³/mol. The lowest BCUT2D eigenvalue weighted by atomic mass is 9.87. The second-order valence-corrected chi connectivity index (χ2v) is 5.86. The van der Waals surface area contributed by atoms with Gasteiger partial charge >= 0.3 is 11.5 Å². The molecule has 3 rings (SSSR count). The average Bonchev–Trinajstić information content (AvgIpc) is 2.56. The molecule has 0 atom stereocenters. The highest BCUT2D eigenvalue weighted by molar-refractivity contribution is 5.70. The fraction of sp³-hybridized carbons (Fsp3) is 0.526. The van der Waals surface area contributed by atoms with Crippen LogP contribution in [0.25, 0.3) is 11.1 Å². The Labute approximate surface area is 132 Å². The van der Waals surface area contributed by atoms with E-state index in [1.54, 1.807) is 0 Å². The summed E-state index contributed by atoms with van der Waals surface area (Å²) in [4.78, 5) is 0. The highest BCUT2D eigenvalue weighted by Crippen LogP contribution is 2.38. The molecule has 0 spiro atoms. The molecule has 0 saturated heterocycles. The van der Waals surface area contributed by atoms with Gasteiger partial charge in [-0.15, -0.1) is 0 Å². The van der Waals surface area contributed by atoms with Crippen molar-refractivity contribution in [3.63, 3.8) is 0 Å². The molecule has 0 fully saturated rings. The Morgan fingerprint density at radius 1 is 0.864 bits per heavy atom. The smallest absolute Gasteiger partial charge is 0.363 e. The van der Waals surface area contributed by atoms with Crippen LogP contribution >= 0.6 is 0 Å². The summed E-state index contributed by atoms with van der Waals surface area (Å²) in [6, 6.07) is 2.34. The maximum Gasteiger partial charge on any atom is 0.363 e. The van der Waals surface area contributed by atoms with Crippen LogP contribution < -0.4 is 0 Å².